The molecule has 1 heterocycles. The minimum Gasteiger partial charge on any atom is -0.493 e. The van der Waals surface area contributed by atoms with Crippen LogP contribution >= 0.6 is 34.2 Å². The van der Waals surface area contributed by atoms with E-state index in [1.54, 1.807) is 13.3 Å². The lowest BCUT2D eigenvalue weighted by molar-refractivity contribution is 0.400. The molecule has 0 radical (unpaired) electrons. The van der Waals surface area contributed by atoms with Crippen molar-refractivity contribution in [3.05, 3.63) is 44.2 Å². The van der Waals surface area contributed by atoms with Gasteiger partial charge in [0.25, 0.3) is 0 Å². The Bertz CT molecular complexity index is 615. The second-order valence-corrected chi connectivity index (χ2v) is 6.29. The highest BCUT2D eigenvalue weighted by Crippen LogP contribution is 2.32. The number of aromatic nitrogens is 2. The van der Waals surface area contributed by atoms with E-state index in [0.717, 1.165) is 38.6 Å². The minimum atomic E-state index is -0.0106. The molecule has 0 amide bonds. The summed E-state index contributed by atoms with van der Waals surface area (Å²) in [6, 6.07) is 6.09. The highest BCUT2D eigenvalue weighted by molar-refractivity contribution is 14.1. The summed E-state index contributed by atoms with van der Waals surface area (Å²) in [6.45, 7) is 2.99. The van der Waals surface area contributed by atoms with E-state index >= 15 is 0 Å². The van der Waals surface area contributed by atoms with E-state index < -0.39 is 0 Å². The van der Waals surface area contributed by atoms with Crippen molar-refractivity contribution in [2.75, 3.05) is 14.2 Å². The summed E-state index contributed by atoms with van der Waals surface area (Å²) in [5.41, 5.74) is 2.12. The van der Waals surface area contributed by atoms with Crippen LogP contribution < -0.4 is 10.1 Å². The van der Waals surface area contributed by atoms with Crippen LogP contribution in [0, 0.1) is 3.57 Å². The minimum absolute atomic E-state index is 0.0106. The van der Waals surface area contributed by atoms with Gasteiger partial charge in [0.2, 0.25) is 0 Å². The average Bonchev–Trinajstić information content (AvgIpc) is 2.87. The predicted octanol–water partition coefficient (Wildman–Crippen LogP) is 3.87. The Morgan fingerprint density at radius 1 is 1.48 bits per heavy atom. The van der Waals surface area contributed by atoms with Gasteiger partial charge in [-0.25, -0.2) is 0 Å². The lowest BCUT2D eigenvalue weighted by Crippen LogP contribution is -2.22. The molecular formula is C15H19ClIN3O. The number of nitrogens with one attached hydrogen (secondary N) is 1. The second kappa shape index (κ2) is 7.47. The van der Waals surface area contributed by atoms with Gasteiger partial charge in [0.15, 0.2) is 5.75 Å². The summed E-state index contributed by atoms with van der Waals surface area (Å²) in [5.74, 6) is 0.789. The summed E-state index contributed by atoms with van der Waals surface area (Å²) in [4.78, 5) is 0. The van der Waals surface area contributed by atoms with Crippen molar-refractivity contribution in [1.29, 1.82) is 0 Å². The van der Waals surface area contributed by atoms with Crippen molar-refractivity contribution in [3.8, 4) is 5.75 Å². The molecule has 1 N–H and O–H groups in total. The van der Waals surface area contributed by atoms with E-state index in [-0.39, 0.29) is 6.04 Å². The Kier molecular flexibility index (Phi) is 5.89. The lowest BCUT2D eigenvalue weighted by atomic mass is 10.0. The largest absolute Gasteiger partial charge is 0.493 e. The predicted molar refractivity (Wildman–Crippen MR) is 94.1 cm³/mol. The highest BCUT2D eigenvalue weighted by Gasteiger charge is 2.22. The van der Waals surface area contributed by atoms with Crippen LogP contribution in [0.15, 0.2) is 24.4 Å². The van der Waals surface area contributed by atoms with Crippen molar-refractivity contribution in [2.24, 2.45) is 0 Å². The van der Waals surface area contributed by atoms with Crippen molar-refractivity contribution in [3.63, 3.8) is 0 Å². The molecule has 2 aromatic rings. The van der Waals surface area contributed by atoms with Crippen LogP contribution in [0.5, 0.6) is 5.75 Å². The van der Waals surface area contributed by atoms with E-state index in [1.807, 2.05) is 23.9 Å². The van der Waals surface area contributed by atoms with Gasteiger partial charge in [0, 0.05) is 10.1 Å². The Balaban J connectivity index is 2.49. The first-order valence-corrected chi connectivity index (χ1v) is 8.29. The van der Waals surface area contributed by atoms with Crippen molar-refractivity contribution in [1.82, 2.24) is 15.1 Å². The number of rotatable bonds is 6. The molecule has 4 nitrogen and oxygen atoms in total. The molecule has 114 valence electrons. The molecule has 2 rings (SSSR count). The summed E-state index contributed by atoms with van der Waals surface area (Å²) in [7, 11) is 3.60. The highest BCUT2D eigenvalue weighted by atomic mass is 127. The molecule has 0 spiro atoms. The molecule has 1 atom stereocenters. The molecule has 1 unspecified atom stereocenters. The molecule has 0 aliphatic rings. The van der Waals surface area contributed by atoms with E-state index in [0.29, 0.717) is 0 Å². The smallest absolute Gasteiger partial charge is 0.161 e. The van der Waals surface area contributed by atoms with Crippen LogP contribution in [-0.4, -0.2) is 23.9 Å². The fraction of sp³-hybridized carbons (Fsp3) is 0.400. The second-order valence-electron chi connectivity index (χ2n) is 4.72. The lowest BCUT2D eigenvalue weighted by Gasteiger charge is -2.20. The third-order valence-electron chi connectivity index (χ3n) is 3.34. The summed E-state index contributed by atoms with van der Waals surface area (Å²) in [5, 5.41) is 8.53. The van der Waals surface area contributed by atoms with Crippen LogP contribution in [0.4, 0.5) is 0 Å². The van der Waals surface area contributed by atoms with Gasteiger partial charge in [-0.1, -0.05) is 24.6 Å². The first-order chi connectivity index (χ1) is 10.1. The number of hydrogen-bond acceptors (Lipinski definition) is 3. The van der Waals surface area contributed by atoms with Gasteiger partial charge in [0.1, 0.15) is 5.69 Å². The number of benzene rings is 1. The summed E-state index contributed by atoms with van der Waals surface area (Å²) < 4.78 is 8.51. The first kappa shape index (κ1) is 16.6. The number of aryl methyl sites for hydroxylation is 1. The molecule has 21 heavy (non-hydrogen) atoms. The summed E-state index contributed by atoms with van der Waals surface area (Å²) in [6.07, 6.45) is 2.78. The van der Waals surface area contributed by atoms with Gasteiger partial charge in [-0.2, -0.15) is 5.10 Å². The normalized spacial score (nSPS) is 12.4. The van der Waals surface area contributed by atoms with Gasteiger partial charge in [0.05, 0.1) is 24.4 Å². The van der Waals surface area contributed by atoms with Gasteiger partial charge in [-0.3, -0.25) is 4.68 Å². The maximum atomic E-state index is 6.26. The fourth-order valence-electron chi connectivity index (χ4n) is 2.37. The molecule has 1 aromatic heterocycles. The van der Waals surface area contributed by atoms with Crippen LogP contribution in [-0.2, 0) is 6.54 Å². The van der Waals surface area contributed by atoms with Gasteiger partial charge < -0.3 is 10.1 Å². The number of nitrogens with zero attached hydrogens (tertiary/aromatic N) is 2. The molecular weight excluding hydrogens is 401 g/mol. The van der Waals surface area contributed by atoms with Gasteiger partial charge in [-0.05, 0) is 53.8 Å². The third-order valence-corrected chi connectivity index (χ3v) is 4.91. The van der Waals surface area contributed by atoms with Gasteiger partial charge in [-0.15, -0.1) is 0 Å². The van der Waals surface area contributed by atoms with Gasteiger partial charge >= 0.3 is 0 Å². The Labute approximate surface area is 144 Å². The zero-order valence-corrected chi connectivity index (χ0v) is 15.3. The SMILES string of the molecule is CCCn1ncc(OC)c1C(NC)c1ccc(I)c(Cl)c1. The van der Waals surface area contributed by atoms with E-state index in [9.17, 15) is 0 Å². The summed E-state index contributed by atoms with van der Waals surface area (Å²) >= 11 is 8.49. The number of ether oxygens (including phenoxy) is 1. The fourth-order valence-corrected chi connectivity index (χ4v) is 2.89. The monoisotopic (exact) mass is 419 g/mol. The van der Waals surface area contributed by atoms with E-state index in [1.165, 1.54) is 0 Å². The molecule has 0 saturated heterocycles. The first-order valence-electron chi connectivity index (χ1n) is 6.84. The number of halogens is 2. The van der Waals surface area contributed by atoms with Crippen molar-refractivity contribution >= 4 is 34.2 Å². The molecule has 0 aliphatic carbocycles. The molecule has 1 aromatic carbocycles. The van der Waals surface area contributed by atoms with Crippen LogP contribution in [0.25, 0.3) is 0 Å². The van der Waals surface area contributed by atoms with Crippen LogP contribution in [0.2, 0.25) is 5.02 Å². The van der Waals surface area contributed by atoms with E-state index in [2.05, 4.69) is 46.0 Å². The molecule has 6 heteroatoms. The number of methoxy groups -OCH3 is 1. The zero-order valence-electron chi connectivity index (χ0n) is 12.4. The Hall–Kier alpha value is -0.790. The van der Waals surface area contributed by atoms with Crippen LogP contribution in [0.1, 0.15) is 30.6 Å². The Morgan fingerprint density at radius 2 is 2.24 bits per heavy atom. The van der Waals surface area contributed by atoms with Crippen molar-refractivity contribution < 1.29 is 4.74 Å². The zero-order chi connectivity index (χ0) is 15.4. The maximum Gasteiger partial charge on any atom is 0.161 e. The Morgan fingerprint density at radius 3 is 2.81 bits per heavy atom. The molecule has 0 saturated carbocycles. The van der Waals surface area contributed by atoms with Crippen LogP contribution in [0.3, 0.4) is 0 Å². The molecule has 0 fully saturated rings. The quantitative estimate of drug-likeness (QED) is 0.723. The number of hydrogen-bond donors (Lipinski definition) is 1. The average molecular weight is 420 g/mol. The maximum absolute atomic E-state index is 6.26. The third kappa shape index (κ3) is 3.52. The molecule has 0 bridgehead atoms. The molecule has 0 aliphatic heterocycles. The van der Waals surface area contributed by atoms with Crippen molar-refractivity contribution in [2.45, 2.75) is 25.9 Å². The topological polar surface area (TPSA) is 39.1 Å². The standard InChI is InChI=1S/C15H19ClIN3O/c1-4-7-20-15(13(21-3)9-19-20)14(18-2)10-5-6-12(17)11(16)8-10/h5-6,8-9,14,18H,4,7H2,1-3H3. The van der Waals surface area contributed by atoms with E-state index in [4.69, 9.17) is 16.3 Å².